The van der Waals surface area contributed by atoms with Crippen LogP contribution < -0.4 is 5.43 Å². The zero-order chi connectivity index (χ0) is 23.3. The van der Waals surface area contributed by atoms with Crippen LogP contribution in [0.1, 0.15) is 59.6 Å². The van der Waals surface area contributed by atoms with Crippen molar-refractivity contribution >= 4 is 16.9 Å². The van der Waals surface area contributed by atoms with Crippen molar-refractivity contribution in [3.05, 3.63) is 117 Å². The summed E-state index contributed by atoms with van der Waals surface area (Å²) in [4.78, 5) is 28.7. The van der Waals surface area contributed by atoms with E-state index in [0.717, 1.165) is 16.7 Å². The first-order chi connectivity index (χ1) is 15.7. The molecule has 1 aliphatic heterocycles. The molecule has 1 aliphatic rings. The van der Waals surface area contributed by atoms with Crippen molar-refractivity contribution in [2.75, 3.05) is 0 Å². The first kappa shape index (κ1) is 21.1. The quantitative estimate of drug-likeness (QED) is 0.393. The predicted molar refractivity (Wildman–Crippen MR) is 126 cm³/mol. The monoisotopic (exact) mass is 441 g/mol. The number of benzene rings is 3. The summed E-state index contributed by atoms with van der Waals surface area (Å²) in [5, 5.41) is 0.448. The number of carbonyl (C=O) groups is 1. The van der Waals surface area contributed by atoms with Gasteiger partial charge < -0.3 is 9.32 Å². The van der Waals surface area contributed by atoms with E-state index in [-0.39, 0.29) is 34.9 Å². The van der Waals surface area contributed by atoms with Gasteiger partial charge in [-0.25, -0.2) is 4.39 Å². The predicted octanol–water partition coefficient (Wildman–Crippen LogP) is 5.98. The van der Waals surface area contributed by atoms with E-state index in [1.54, 1.807) is 41.3 Å². The lowest BCUT2D eigenvalue weighted by atomic mass is 9.86. The molecule has 0 radical (unpaired) electrons. The van der Waals surface area contributed by atoms with Gasteiger partial charge in [-0.15, -0.1) is 0 Å². The largest absolute Gasteiger partial charge is 0.450 e. The van der Waals surface area contributed by atoms with E-state index in [9.17, 15) is 14.0 Å². The second-order valence-electron chi connectivity index (χ2n) is 9.50. The average Bonchev–Trinajstić information content (AvgIpc) is 3.07. The molecule has 5 heteroatoms. The van der Waals surface area contributed by atoms with E-state index in [0.29, 0.717) is 16.5 Å². The van der Waals surface area contributed by atoms with Crippen molar-refractivity contribution < 1.29 is 13.6 Å². The number of halogens is 1. The Morgan fingerprint density at radius 1 is 0.909 bits per heavy atom. The lowest BCUT2D eigenvalue weighted by Crippen LogP contribution is -2.29. The molecule has 0 bridgehead atoms. The van der Waals surface area contributed by atoms with Crippen LogP contribution in [0.15, 0.2) is 82.0 Å². The Labute approximate surface area is 191 Å². The molecule has 4 nitrogen and oxygen atoms in total. The molecule has 5 rings (SSSR count). The van der Waals surface area contributed by atoms with Gasteiger partial charge in [0.1, 0.15) is 11.4 Å². The van der Waals surface area contributed by atoms with E-state index in [4.69, 9.17) is 4.42 Å². The maximum absolute atomic E-state index is 13.5. The molecule has 3 aromatic carbocycles. The normalized spacial score (nSPS) is 15.8. The summed E-state index contributed by atoms with van der Waals surface area (Å²) < 4.78 is 19.4. The molecular formula is C28H24FNO3. The molecule has 33 heavy (non-hydrogen) atoms. The number of amides is 1. The van der Waals surface area contributed by atoms with Crippen LogP contribution in [0.3, 0.4) is 0 Å². The molecule has 0 fully saturated rings. The number of rotatable bonds is 3. The standard InChI is InChI=1S/C28H24FNO3/c1-28(2,3)19-12-10-18(11-13-19)24-23-25(31)21-6-4-5-7-22(21)33-26(23)27(32)30(24)16-17-8-14-20(29)15-9-17/h4-15,24H,16H2,1-3H3. The number of fused-ring (bicyclic) bond motifs is 2. The average molecular weight is 442 g/mol. The van der Waals surface area contributed by atoms with Crippen molar-refractivity contribution in [2.24, 2.45) is 0 Å². The fourth-order valence-electron chi connectivity index (χ4n) is 4.43. The van der Waals surface area contributed by atoms with Crippen LogP contribution in [0.4, 0.5) is 4.39 Å². The SMILES string of the molecule is CC(C)(C)c1ccc(C2c3c(oc4ccccc4c3=O)C(=O)N2Cc2ccc(F)cc2)cc1. The highest BCUT2D eigenvalue weighted by Crippen LogP contribution is 2.39. The van der Waals surface area contributed by atoms with Crippen molar-refractivity contribution in [2.45, 2.75) is 38.8 Å². The Morgan fingerprint density at radius 2 is 1.58 bits per heavy atom. The van der Waals surface area contributed by atoms with E-state index < -0.39 is 6.04 Å². The van der Waals surface area contributed by atoms with Crippen LogP contribution in [0, 0.1) is 5.82 Å². The Kier molecular flexibility index (Phi) is 4.93. The molecule has 0 spiro atoms. The van der Waals surface area contributed by atoms with Crippen LogP contribution in [0.2, 0.25) is 0 Å². The fourth-order valence-corrected chi connectivity index (χ4v) is 4.43. The Balaban J connectivity index is 1.68. The second kappa shape index (κ2) is 7.69. The van der Waals surface area contributed by atoms with Crippen molar-refractivity contribution in [3.63, 3.8) is 0 Å². The molecule has 1 amide bonds. The van der Waals surface area contributed by atoms with Gasteiger partial charge in [0.15, 0.2) is 5.43 Å². The molecule has 0 aliphatic carbocycles. The third-order valence-electron chi connectivity index (χ3n) is 6.23. The van der Waals surface area contributed by atoms with E-state index in [2.05, 4.69) is 20.8 Å². The van der Waals surface area contributed by atoms with Gasteiger partial charge in [-0.3, -0.25) is 9.59 Å². The number of hydrogen-bond donors (Lipinski definition) is 0. The summed E-state index contributed by atoms with van der Waals surface area (Å²) in [6.07, 6.45) is 0. The molecule has 0 N–H and O–H groups in total. The van der Waals surface area contributed by atoms with Gasteiger partial charge in [0, 0.05) is 6.54 Å². The van der Waals surface area contributed by atoms with Crippen molar-refractivity contribution in [3.8, 4) is 0 Å². The maximum Gasteiger partial charge on any atom is 0.291 e. The molecule has 2 heterocycles. The van der Waals surface area contributed by atoms with Gasteiger partial charge in [-0.05, 0) is 46.4 Å². The smallest absolute Gasteiger partial charge is 0.291 e. The van der Waals surface area contributed by atoms with E-state index in [1.807, 2.05) is 24.3 Å². The summed E-state index contributed by atoms with van der Waals surface area (Å²) in [6, 6.07) is 20.4. The molecule has 4 aromatic rings. The minimum absolute atomic E-state index is 0.0229. The molecule has 166 valence electrons. The zero-order valence-corrected chi connectivity index (χ0v) is 18.8. The van der Waals surface area contributed by atoms with Gasteiger partial charge in [0.25, 0.3) is 5.91 Å². The van der Waals surface area contributed by atoms with Crippen molar-refractivity contribution in [1.82, 2.24) is 4.90 Å². The first-order valence-corrected chi connectivity index (χ1v) is 11.0. The highest BCUT2D eigenvalue weighted by molar-refractivity contribution is 5.99. The van der Waals surface area contributed by atoms with Crippen LogP contribution in [-0.2, 0) is 12.0 Å². The summed E-state index contributed by atoms with van der Waals surface area (Å²) in [7, 11) is 0. The molecule has 1 unspecified atom stereocenters. The molecule has 1 aromatic heterocycles. The fraction of sp³-hybridized carbons (Fsp3) is 0.214. The van der Waals surface area contributed by atoms with Crippen LogP contribution in [0.5, 0.6) is 0 Å². The first-order valence-electron chi connectivity index (χ1n) is 11.0. The lowest BCUT2D eigenvalue weighted by molar-refractivity contribution is 0.0714. The third-order valence-corrected chi connectivity index (χ3v) is 6.23. The molecule has 0 saturated carbocycles. The molecule has 1 atom stereocenters. The maximum atomic E-state index is 13.5. The van der Waals surface area contributed by atoms with Gasteiger partial charge in [0.05, 0.1) is 17.0 Å². The summed E-state index contributed by atoms with van der Waals surface area (Å²) in [5.74, 6) is -0.611. The van der Waals surface area contributed by atoms with Crippen molar-refractivity contribution in [1.29, 1.82) is 0 Å². The summed E-state index contributed by atoms with van der Waals surface area (Å²) >= 11 is 0. The summed E-state index contributed by atoms with van der Waals surface area (Å²) in [5.41, 5.74) is 3.28. The van der Waals surface area contributed by atoms with Crippen LogP contribution in [0.25, 0.3) is 11.0 Å². The number of para-hydroxylation sites is 1. The lowest BCUT2D eigenvalue weighted by Gasteiger charge is -2.26. The van der Waals surface area contributed by atoms with Crippen LogP contribution in [-0.4, -0.2) is 10.8 Å². The van der Waals surface area contributed by atoms with Gasteiger partial charge in [-0.1, -0.05) is 69.3 Å². The topological polar surface area (TPSA) is 50.5 Å². The Hall–Kier alpha value is -3.73. The number of nitrogens with zero attached hydrogens (tertiary/aromatic N) is 1. The third kappa shape index (κ3) is 3.63. The van der Waals surface area contributed by atoms with Crippen LogP contribution >= 0.6 is 0 Å². The highest BCUT2D eigenvalue weighted by Gasteiger charge is 2.42. The highest BCUT2D eigenvalue weighted by atomic mass is 19.1. The van der Waals surface area contributed by atoms with Gasteiger partial charge in [-0.2, -0.15) is 0 Å². The van der Waals surface area contributed by atoms with E-state index >= 15 is 0 Å². The number of hydrogen-bond acceptors (Lipinski definition) is 3. The Bertz CT molecular complexity index is 1410. The van der Waals surface area contributed by atoms with Gasteiger partial charge >= 0.3 is 0 Å². The van der Waals surface area contributed by atoms with E-state index in [1.165, 1.54) is 12.1 Å². The van der Waals surface area contributed by atoms with Gasteiger partial charge in [0.2, 0.25) is 5.76 Å². The molecule has 0 saturated heterocycles. The number of carbonyl (C=O) groups excluding carboxylic acids is 1. The Morgan fingerprint density at radius 3 is 2.24 bits per heavy atom. The zero-order valence-electron chi connectivity index (χ0n) is 18.8. The second-order valence-corrected chi connectivity index (χ2v) is 9.50. The summed E-state index contributed by atoms with van der Waals surface area (Å²) in [6.45, 7) is 6.64. The minimum Gasteiger partial charge on any atom is -0.450 e. The molecular weight excluding hydrogens is 417 g/mol. The minimum atomic E-state index is -0.590.